The van der Waals surface area contributed by atoms with Gasteiger partial charge in [0, 0.05) is 30.4 Å². The van der Waals surface area contributed by atoms with Gasteiger partial charge in [-0.2, -0.15) is 0 Å². The number of carbonyl (C=O) groups excluding carboxylic acids is 1. The van der Waals surface area contributed by atoms with Crippen LogP contribution in [0.3, 0.4) is 0 Å². The van der Waals surface area contributed by atoms with E-state index in [-0.39, 0.29) is 23.8 Å². The topological polar surface area (TPSA) is 98.6 Å². The van der Waals surface area contributed by atoms with Crippen LogP contribution >= 0.6 is 11.6 Å². The Balaban J connectivity index is 1.56. The van der Waals surface area contributed by atoms with E-state index in [0.717, 1.165) is 6.42 Å². The minimum Gasteiger partial charge on any atom is -0.508 e. The number of phenols is 1. The van der Waals surface area contributed by atoms with Crippen molar-refractivity contribution in [2.24, 2.45) is 0 Å². The molecule has 4 rings (SSSR count). The molecule has 3 aromatic carbocycles. The number of benzene rings is 3. The first kappa shape index (κ1) is 25.2. The summed E-state index contributed by atoms with van der Waals surface area (Å²) in [6.07, 6.45) is 1.30. The highest BCUT2D eigenvalue weighted by atomic mass is 35.5. The summed E-state index contributed by atoms with van der Waals surface area (Å²) in [5, 5.41) is 24.0. The fourth-order valence-electron chi connectivity index (χ4n) is 3.83. The molecule has 0 bridgehead atoms. The van der Waals surface area contributed by atoms with Crippen molar-refractivity contribution < 1.29 is 15.0 Å². The van der Waals surface area contributed by atoms with E-state index < -0.39 is 6.10 Å². The van der Waals surface area contributed by atoms with Crippen molar-refractivity contribution in [3.8, 4) is 17.0 Å². The number of halogens is 1. The molecule has 0 fully saturated rings. The number of anilines is 1. The van der Waals surface area contributed by atoms with E-state index in [1.54, 1.807) is 31.3 Å². The number of nitrogens with zero attached hydrogens (tertiary/aromatic N) is 3. The molecule has 0 spiro atoms. The van der Waals surface area contributed by atoms with E-state index in [2.05, 4.69) is 27.4 Å². The number of nitrogens with one attached hydrogen (secondary N) is 1. The molecule has 1 atom stereocenters. The molecule has 1 aromatic heterocycles. The predicted octanol–water partition coefficient (Wildman–Crippen LogP) is 4.96. The molecule has 0 aliphatic carbocycles. The normalized spacial score (nSPS) is 11.6. The van der Waals surface area contributed by atoms with Crippen LogP contribution in [-0.2, 0) is 6.42 Å². The number of likely N-dealkylation sites (N-methyl/N-ethyl adjacent to an activating group) is 1. The molecule has 36 heavy (non-hydrogen) atoms. The van der Waals surface area contributed by atoms with Gasteiger partial charge in [-0.15, -0.1) is 0 Å². The molecular formula is C28H27ClN4O3. The molecule has 0 aliphatic rings. The van der Waals surface area contributed by atoms with Crippen molar-refractivity contribution in [1.82, 2.24) is 14.9 Å². The van der Waals surface area contributed by atoms with Gasteiger partial charge in [0.2, 0.25) is 5.95 Å². The lowest BCUT2D eigenvalue weighted by molar-refractivity contribution is 0.0681. The lowest BCUT2D eigenvalue weighted by atomic mass is 10.1. The first-order valence-electron chi connectivity index (χ1n) is 11.5. The van der Waals surface area contributed by atoms with Crippen molar-refractivity contribution in [2.45, 2.75) is 12.5 Å². The maximum Gasteiger partial charge on any atom is 0.257 e. The molecule has 0 aliphatic heterocycles. The third kappa shape index (κ3) is 6.19. The quantitative estimate of drug-likeness (QED) is 0.299. The first-order valence-corrected chi connectivity index (χ1v) is 11.9. The zero-order valence-corrected chi connectivity index (χ0v) is 20.6. The van der Waals surface area contributed by atoms with E-state index in [1.807, 2.05) is 30.3 Å². The Morgan fingerprint density at radius 2 is 1.81 bits per heavy atom. The second kappa shape index (κ2) is 11.7. The lowest BCUT2D eigenvalue weighted by Gasteiger charge is -2.22. The van der Waals surface area contributed by atoms with Crippen molar-refractivity contribution in [3.63, 3.8) is 0 Å². The number of aliphatic hydroxyl groups excluding tert-OH is 1. The van der Waals surface area contributed by atoms with Gasteiger partial charge in [0.15, 0.2) is 0 Å². The predicted molar refractivity (Wildman–Crippen MR) is 141 cm³/mol. The summed E-state index contributed by atoms with van der Waals surface area (Å²) in [5.41, 5.74) is 2.98. The number of hydrogen-bond donors (Lipinski definition) is 3. The molecule has 7 nitrogen and oxygen atoms in total. The molecule has 1 amide bonds. The first-order chi connectivity index (χ1) is 17.4. The third-order valence-corrected chi connectivity index (χ3v) is 6.07. The minimum absolute atomic E-state index is 0.0152. The maximum absolute atomic E-state index is 13.4. The zero-order chi connectivity index (χ0) is 25.5. The molecule has 0 saturated carbocycles. The molecule has 0 saturated heterocycles. The van der Waals surface area contributed by atoms with Crippen molar-refractivity contribution >= 4 is 23.5 Å². The average molecular weight is 503 g/mol. The summed E-state index contributed by atoms with van der Waals surface area (Å²) in [4.78, 5) is 23.8. The average Bonchev–Trinajstić information content (AvgIpc) is 2.89. The Morgan fingerprint density at radius 1 is 1.06 bits per heavy atom. The molecular weight excluding hydrogens is 476 g/mol. The van der Waals surface area contributed by atoms with Gasteiger partial charge in [-0.05, 0) is 35.7 Å². The molecule has 8 heteroatoms. The number of amides is 1. The third-order valence-electron chi connectivity index (χ3n) is 5.74. The van der Waals surface area contributed by atoms with Gasteiger partial charge in [-0.1, -0.05) is 72.3 Å². The largest absolute Gasteiger partial charge is 0.508 e. The van der Waals surface area contributed by atoms with E-state index in [1.165, 1.54) is 28.8 Å². The fraction of sp³-hybridized carbons (Fsp3) is 0.179. The monoisotopic (exact) mass is 502 g/mol. The second-order valence-corrected chi connectivity index (χ2v) is 8.80. The van der Waals surface area contributed by atoms with Crippen LogP contribution in [0.1, 0.15) is 27.6 Å². The Bertz CT molecular complexity index is 1330. The van der Waals surface area contributed by atoms with Crippen molar-refractivity contribution in [1.29, 1.82) is 0 Å². The molecule has 4 aromatic rings. The second-order valence-electron chi connectivity index (χ2n) is 8.39. The van der Waals surface area contributed by atoms with Crippen LogP contribution in [0.25, 0.3) is 11.3 Å². The van der Waals surface area contributed by atoms with E-state index in [9.17, 15) is 15.0 Å². The van der Waals surface area contributed by atoms with Crippen LogP contribution in [0.4, 0.5) is 5.95 Å². The minimum atomic E-state index is -0.977. The Morgan fingerprint density at radius 3 is 2.56 bits per heavy atom. The summed E-state index contributed by atoms with van der Waals surface area (Å²) in [6, 6.07) is 23.6. The standard InChI is InChI=1S/C28H27ClN4O3/c1-33(18-25(35)20-10-7-11-21(34)16-20)27(36)23-17-31-28(30-15-14-19-8-3-2-4-9-19)32-26(23)22-12-5-6-13-24(22)29/h2-13,16-17,25,34-35H,14-15,18H2,1H3,(H,30,31,32). The van der Waals surface area contributed by atoms with Crippen LogP contribution in [0, 0.1) is 0 Å². The van der Waals surface area contributed by atoms with Crippen LogP contribution in [0.2, 0.25) is 5.02 Å². The van der Waals surface area contributed by atoms with Gasteiger partial charge in [0.25, 0.3) is 5.91 Å². The Hall–Kier alpha value is -3.94. The zero-order valence-electron chi connectivity index (χ0n) is 19.8. The summed E-state index contributed by atoms with van der Waals surface area (Å²) in [6.45, 7) is 0.636. The highest BCUT2D eigenvalue weighted by molar-refractivity contribution is 6.33. The fourth-order valence-corrected chi connectivity index (χ4v) is 4.06. The highest BCUT2D eigenvalue weighted by Gasteiger charge is 2.23. The van der Waals surface area contributed by atoms with Gasteiger partial charge >= 0.3 is 0 Å². The molecule has 3 N–H and O–H groups in total. The molecule has 184 valence electrons. The van der Waals surface area contributed by atoms with Crippen LogP contribution in [0.5, 0.6) is 5.75 Å². The smallest absolute Gasteiger partial charge is 0.257 e. The van der Waals surface area contributed by atoms with Gasteiger partial charge < -0.3 is 20.4 Å². The van der Waals surface area contributed by atoms with Gasteiger partial charge in [0.05, 0.1) is 23.9 Å². The Kier molecular flexibility index (Phi) is 8.15. The van der Waals surface area contributed by atoms with Gasteiger partial charge in [-0.25, -0.2) is 9.97 Å². The number of rotatable bonds is 9. The summed E-state index contributed by atoms with van der Waals surface area (Å²) in [5.74, 6) is 0.0742. The number of aromatic hydroxyl groups is 1. The summed E-state index contributed by atoms with van der Waals surface area (Å²) in [7, 11) is 1.59. The maximum atomic E-state index is 13.4. The lowest BCUT2D eigenvalue weighted by Crippen LogP contribution is -2.32. The van der Waals surface area contributed by atoms with Crippen LogP contribution in [0.15, 0.2) is 85.1 Å². The van der Waals surface area contributed by atoms with Crippen LogP contribution in [-0.4, -0.2) is 51.1 Å². The van der Waals surface area contributed by atoms with E-state index in [4.69, 9.17) is 11.6 Å². The number of aliphatic hydroxyl groups is 1. The van der Waals surface area contributed by atoms with Crippen LogP contribution < -0.4 is 5.32 Å². The summed E-state index contributed by atoms with van der Waals surface area (Å²) >= 11 is 6.46. The van der Waals surface area contributed by atoms with Gasteiger partial charge in [0.1, 0.15) is 5.75 Å². The summed E-state index contributed by atoms with van der Waals surface area (Å²) < 4.78 is 0. The SMILES string of the molecule is CN(CC(O)c1cccc(O)c1)C(=O)c1cnc(NCCc2ccccc2)nc1-c1ccccc1Cl. The molecule has 1 heterocycles. The van der Waals surface area contributed by atoms with Crippen molar-refractivity contribution in [3.05, 3.63) is 107 Å². The number of carbonyl (C=O) groups is 1. The number of aromatic nitrogens is 2. The molecule has 0 radical (unpaired) electrons. The highest BCUT2D eigenvalue weighted by Crippen LogP contribution is 2.30. The molecule has 1 unspecified atom stereocenters. The number of phenolic OH excluding ortho intramolecular Hbond substituents is 1. The van der Waals surface area contributed by atoms with E-state index in [0.29, 0.717) is 34.3 Å². The number of hydrogen-bond acceptors (Lipinski definition) is 6. The Labute approximate surface area is 215 Å². The van der Waals surface area contributed by atoms with E-state index >= 15 is 0 Å². The van der Waals surface area contributed by atoms with Crippen molar-refractivity contribution in [2.75, 3.05) is 25.5 Å². The van der Waals surface area contributed by atoms with Gasteiger partial charge in [-0.3, -0.25) is 4.79 Å².